The Bertz CT molecular complexity index is 116. The minimum atomic E-state index is 0.356. The molecular weight excluding hydrogens is 110 g/mol. The SMILES string of the molecule is CC#CC(NC)C(C)C. The van der Waals surface area contributed by atoms with Gasteiger partial charge in [0.05, 0.1) is 6.04 Å². The molecule has 0 aromatic heterocycles. The molecule has 0 amide bonds. The van der Waals surface area contributed by atoms with E-state index in [1.807, 2.05) is 14.0 Å². The van der Waals surface area contributed by atoms with Crippen molar-refractivity contribution in [2.75, 3.05) is 7.05 Å². The van der Waals surface area contributed by atoms with Crippen molar-refractivity contribution in [3.05, 3.63) is 0 Å². The van der Waals surface area contributed by atoms with Crippen molar-refractivity contribution in [3.63, 3.8) is 0 Å². The molecule has 1 heteroatoms. The third kappa shape index (κ3) is 3.16. The van der Waals surface area contributed by atoms with E-state index in [9.17, 15) is 0 Å². The quantitative estimate of drug-likeness (QED) is 0.548. The van der Waals surface area contributed by atoms with Crippen molar-refractivity contribution >= 4 is 0 Å². The molecule has 0 fully saturated rings. The number of rotatable bonds is 2. The molecule has 0 rings (SSSR count). The Balaban J connectivity index is 3.78. The summed E-state index contributed by atoms with van der Waals surface area (Å²) >= 11 is 0. The second kappa shape index (κ2) is 4.40. The van der Waals surface area contributed by atoms with Crippen molar-refractivity contribution in [1.82, 2.24) is 5.32 Å². The molecule has 52 valence electrons. The highest BCUT2D eigenvalue weighted by atomic mass is 14.9. The Hall–Kier alpha value is -0.480. The predicted octanol–water partition coefficient (Wildman–Crippen LogP) is 1.25. The molecule has 0 aliphatic carbocycles. The van der Waals surface area contributed by atoms with Gasteiger partial charge in [0.2, 0.25) is 0 Å². The second-order valence-electron chi connectivity index (χ2n) is 2.40. The third-order valence-corrected chi connectivity index (χ3v) is 1.28. The first-order valence-corrected chi connectivity index (χ1v) is 3.32. The Morgan fingerprint density at radius 3 is 2.00 bits per heavy atom. The van der Waals surface area contributed by atoms with Gasteiger partial charge >= 0.3 is 0 Å². The average molecular weight is 125 g/mol. The van der Waals surface area contributed by atoms with Gasteiger partial charge in [-0.15, -0.1) is 5.92 Å². The maximum Gasteiger partial charge on any atom is 0.0710 e. The van der Waals surface area contributed by atoms with Gasteiger partial charge in [0.1, 0.15) is 0 Å². The molecule has 0 aromatic rings. The summed E-state index contributed by atoms with van der Waals surface area (Å²) in [7, 11) is 1.94. The molecule has 1 unspecified atom stereocenters. The smallest absolute Gasteiger partial charge is 0.0710 e. The first-order chi connectivity index (χ1) is 4.22. The molecule has 0 spiro atoms. The van der Waals surface area contributed by atoms with Crippen molar-refractivity contribution in [1.29, 1.82) is 0 Å². The van der Waals surface area contributed by atoms with Gasteiger partial charge in [-0.05, 0) is 19.9 Å². The summed E-state index contributed by atoms with van der Waals surface area (Å²) in [6, 6.07) is 0.356. The zero-order valence-electron chi connectivity index (χ0n) is 6.65. The normalized spacial score (nSPS) is 12.6. The van der Waals surface area contributed by atoms with Crippen LogP contribution in [0.4, 0.5) is 0 Å². The largest absolute Gasteiger partial charge is 0.307 e. The Kier molecular flexibility index (Phi) is 4.17. The van der Waals surface area contributed by atoms with E-state index in [1.165, 1.54) is 0 Å². The van der Waals surface area contributed by atoms with E-state index < -0.39 is 0 Å². The highest BCUT2D eigenvalue weighted by molar-refractivity contribution is 5.06. The maximum absolute atomic E-state index is 3.13. The van der Waals surface area contributed by atoms with E-state index in [0.717, 1.165) is 0 Å². The second-order valence-corrected chi connectivity index (χ2v) is 2.40. The van der Waals surface area contributed by atoms with Gasteiger partial charge < -0.3 is 5.32 Å². The molecule has 1 N–H and O–H groups in total. The van der Waals surface area contributed by atoms with Crippen LogP contribution >= 0.6 is 0 Å². The summed E-state index contributed by atoms with van der Waals surface area (Å²) in [5.74, 6) is 6.56. The average Bonchev–Trinajstić information content (AvgIpc) is 1.82. The van der Waals surface area contributed by atoms with E-state index in [0.29, 0.717) is 12.0 Å². The van der Waals surface area contributed by atoms with Crippen molar-refractivity contribution in [2.24, 2.45) is 5.92 Å². The fourth-order valence-corrected chi connectivity index (χ4v) is 0.728. The van der Waals surface area contributed by atoms with Crippen LogP contribution in [0.3, 0.4) is 0 Å². The van der Waals surface area contributed by atoms with Gasteiger partial charge in [0.15, 0.2) is 0 Å². The monoisotopic (exact) mass is 125 g/mol. The predicted molar refractivity (Wildman–Crippen MR) is 41.1 cm³/mol. The number of hydrogen-bond acceptors (Lipinski definition) is 1. The first-order valence-electron chi connectivity index (χ1n) is 3.32. The van der Waals surface area contributed by atoms with Crippen molar-refractivity contribution in [3.8, 4) is 11.8 Å². The van der Waals surface area contributed by atoms with Gasteiger partial charge in [-0.2, -0.15) is 0 Å². The van der Waals surface area contributed by atoms with E-state index >= 15 is 0 Å². The minimum absolute atomic E-state index is 0.356. The fourth-order valence-electron chi connectivity index (χ4n) is 0.728. The molecule has 0 saturated carbocycles. The van der Waals surface area contributed by atoms with Crippen LogP contribution in [0.25, 0.3) is 0 Å². The van der Waals surface area contributed by atoms with Crippen LogP contribution in [-0.2, 0) is 0 Å². The molecule has 0 aliphatic heterocycles. The summed E-state index contributed by atoms with van der Waals surface area (Å²) in [6.45, 7) is 6.18. The zero-order valence-corrected chi connectivity index (χ0v) is 6.65. The van der Waals surface area contributed by atoms with Crippen LogP contribution in [-0.4, -0.2) is 13.1 Å². The molecule has 1 nitrogen and oxygen atoms in total. The molecule has 9 heavy (non-hydrogen) atoms. The van der Waals surface area contributed by atoms with Crippen LogP contribution in [0.1, 0.15) is 20.8 Å². The number of hydrogen-bond donors (Lipinski definition) is 1. The Morgan fingerprint density at radius 1 is 1.33 bits per heavy atom. The minimum Gasteiger partial charge on any atom is -0.307 e. The van der Waals surface area contributed by atoms with Gasteiger partial charge in [0.25, 0.3) is 0 Å². The molecule has 0 aromatic carbocycles. The maximum atomic E-state index is 3.13. The summed E-state index contributed by atoms with van der Waals surface area (Å²) in [6.07, 6.45) is 0. The van der Waals surface area contributed by atoms with Crippen molar-refractivity contribution in [2.45, 2.75) is 26.8 Å². The lowest BCUT2D eigenvalue weighted by molar-refractivity contribution is 0.512. The molecule has 0 radical (unpaired) electrons. The molecule has 0 saturated heterocycles. The van der Waals surface area contributed by atoms with Crippen LogP contribution in [0.5, 0.6) is 0 Å². The first kappa shape index (κ1) is 8.52. The topological polar surface area (TPSA) is 12.0 Å². The zero-order chi connectivity index (χ0) is 7.28. The van der Waals surface area contributed by atoms with E-state index in [1.54, 1.807) is 0 Å². The lowest BCUT2D eigenvalue weighted by Crippen LogP contribution is -2.28. The molecule has 0 heterocycles. The Morgan fingerprint density at radius 2 is 1.89 bits per heavy atom. The summed E-state index contributed by atoms with van der Waals surface area (Å²) in [5, 5.41) is 3.13. The summed E-state index contributed by atoms with van der Waals surface area (Å²) in [4.78, 5) is 0. The van der Waals surface area contributed by atoms with Gasteiger partial charge in [-0.1, -0.05) is 19.8 Å². The molecule has 1 atom stereocenters. The number of nitrogens with one attached hydrogen (secondary N) is 1. The van der Waals surface area contributed by atoms with E-state index in [2.05, 4.69) is 31.0 Å². The highest BCUT2D eigenvalue weighted by Gasteiger charge is 2.04. The molecular formula is C8H15N. The van der Waals surface area contributed by atoms with E-state index in [4.69, 9.17) is 0 Å². The highest BCUT2D eigenvalue weighted by Crippen LogP contribution is 1.97. The van der Waals surface area contributed by atoms with Gasteiger partial charge in [-0.3, -0.25) is 0 Å². The lowest BCUT2D eigenvalue weighted by Gasteiger charge is -2.12. The van der Waals surface area contributed by atoms with Crippen molar-refractivity contribution < 1.29 is 0 Å². The van der Waals surface area contributed by atoms with Crippen LogP contribution in [0, 0.1) is 17.8 Å². The van der Waals surface area contributed by atoms with Gasteiger partial charge in [0, 0.05) is 0 Å². The summed E-state index contributed by atoms with van der Waals surface area (Å²) < 4.78 is 0. The molecule has 0 aliphatic rings. The van der Waals surface area contributed by atoms with Crippen LogP contribution < -0.4 is 5.32 Å². The lowest BCUT2D eigenvalue weighted by atomic mass is 10.1. The standard InChI is InChI=1S/C8H15N/c1-5-6-8(9-4)7(2)3/h7-9H,1-4H3. The van der Waals surface area contributed by atoms with Crippen LogP contribution in [0.15, 0.2) is 0 Å². The van der Waals surface area contributed by atoms with Gasteiger partial charge in [-0.25, -0.2) is 0 Å². The Labute approximate surface area is 57.8 Å². The van der Waals surface area contributed by atoms with E-state index in [-0.39, 0.29) is 0 Å². The molecule has 0 bridgehead atoms. The third-order valence-electron chi connectivity index (χ3n) is 1.28. The van der Waals surface area contributed by atoms with Crippen LogP contribution in [0.2, 0.25) is 0 Å². The fraction of sp³-hybridized carbons (Fsp3) is 0.750. The summed E-state index contributed by atoms with van der Waals surface area (Å²) in [5.41, 5.74) is 0.